The zero-order valence-corrected chi connectivity index (χ0v) is 18.7. The van der Waals surface area contributed by atoms with Crippen LogP contribution in [0.5, 0.6) is 11.5 Å². The second-order valence-corrected chi connectivity index (χ2v) is 8.02. The fraction of sp³-hybridized carbons (Fsp3) is 0.138. The highest BCUT2D eigenvalue weighted by atomic mass is 16.5. The molecule has 0 amide bonds. The van der Waals surface area contributed by atoms with Gasteiger partial charge in [-0.1, -0.05) is 54.6 Å². The molecule has 5 rings (SSSR count). The highest BCUT2D eigenvalue weighted by Gasteiger charge is 2.30. The quantitative estimate of drug-likeness (QED) is 0.317. The molecule has 0 atom stereocenters. The summed E-state index contributed by atoms with van der Waals surface area (Å²) in [4.78, 5) is 13.0. The van der Waals surface area contributed by atoms with Crippen LogP contribution in [0.25, 0.3) is 23.1 Å². The van der Waals surface area contributed by atoms with Gasteiger partial charge in [-0.15, -0.1) is 0 Å². The van der Waals surface area contributed by atoms with Crippen LogP contribution in [0.3, 0.4) is 0 Å². The molecule has 0 saturated heterocycles. The Balaban J connectivity index is 1.38. The lowest BCUT2D eigenvalue weighted by Crippen LogP contribution is -1.98. The molecule has 0 radical (unpaired) electrons. The Morgan fingerprint density at radius 3 is 2.61 bits per heavy atom. The average molecular weight is 436 g/mol. The van der Waals surface area contributed by atoms with Gasteiger partial charge in [-0.05, 0) is 49.8 Å². The number of ether oxygens (including phenoxy) is 2. The smallest absolute Gasteiger partial charge is 0.231 e. The van der Waals surface area contributed by atoms with Crippen LogP contribution in [0.2, 0.25) is 0 Å². The second kappa shape index (κ2) is 8.83. The minimum Gasteiger partial charge on any atom is -0.489 e. The first-order chi connectivity index (χ1) is 16.2. The molecule has 4 nitrogen and oxygen atoms in total. The van der Waals surface area contributed by atoms with Gasteiger partial charge in [0.05, 0.1) is 5.56 Å². The van der Waals surface area contributed by atoms with Crippen LogP contribution >= 0.6 is 0 Å². The van der Waals surface area contributed by atoms with Crippen molar-refractivity contribution in [3.8, 4) is 11.5 Å². The number of aryl methyl sites for hydroxylation is 1. The Kier molecular flexibility index (Phi) is 5.57. The van der Waals surface area contributed by atoms with Crippen molar-refractivity contribution in [2.45, 2.75) is 20.4 Å². The fourth-order valence-corrected chi connectivity index (χ4v) is 4.20. The molecule has 0 N–H and O–H groups in total. The van der Waals surface area contributed by atoms with Crippen molar-refractivity contribution in [3.05, 3.63) is 107 Å². The Hall–Kier alpha value is -4.05. The van der Waals surface area contributed by atoms with Crippen LogP contribution < -0.4 is 9.47 Å². The predicted molar refractivity (Wildman–Crippen MR) is 133 cm³/mol. The molecule has 0 bridgehead atoms. The van der Waals surface area contributed by atoms with E-state index in [-0.39, 0.29) is 5.78 Å². The number of hydrogen-bond acceptors (Lipinski definition) is 3. The van der Waals surface area contributed by atoms with E-state index in [9.17, 15) is 4.79 Å². The monoisotopic (exact) mass is 435 g/mol. The molecule has 4 heteroatoms. The average Bonchev–Trinajstić information content (AvgIpc) is 3.37. The topological polar surface area (TPSA) is 40.5 Å². The van der Waals surface area contributed by atoms with Crippen LogP contribution in [0.15, 0.2) is 84.8 Å². The van der Waals surface area contributed by atoms with Crippen molar-refractivity contribution in [3.63, 3.8) is 0 Å². The van der Waals surface area contributed by atoms with E-state index in [0.717, 1.165) is 34.1 Å². The van der Waals surface area contributed by atoms with E-state index in [1.807, 2.05) is 73.7 Å². The number of carbonyl (C=O) groups is 1. The molecule has 0 unspecified atom stereocenters. The molecular formula is C29H25NO3. The van der Waals surface area contributed by atoms with Crippen LogP contribution in [-0.4, -0.2) is 17.0 Å². The molecule has 4 aromatic rings. The number of rotatable bonds is 6. The van der Waals surface area contributed by atoms with Crippen molar-refractivity contribution < 1.29 is 14.3 Å². The number of aromatic nitrogens is 1. The highest BCUT2D eigenvalue weighted by Crippen LogP contribution is 2.39. The lowest BCUT2D eigenvalue weighted by Gasteiger charge is -2.10. The molecule has 0 fully saturated rings. The second-order valence-electron chi connectivity index (χ2n) is 8.02. The summed E-state index contributed by atoms with van der Waals surface area (Å²) in [6.07, 6.45) is 7.91. The van der Waals surface area contributed by atoms with Gasteiger partial charge in [-0.25, -0.2) is 0 Å². The summed E-state index contributed by atoms with van der Waals surface area (Å²) in [5, 5.41) is 1.10. The fourth-order valence-electron chi connectivity index (χ4n) is 4.20. The minimum absolute atomic E-state index is 0.100. The third kappa shape index (κ3) is 3.96. The number of fused-ring (bicyclic) bond motifs is 2. The largest absolute Gasteiger partial charge is 0.489 e. The number of ketones is 1. The zero-order valence-electron chi connectivity index (χ0n) is 18.7. The van der Waals surface area contributed by atoms with Crippen molar-refractivity contribution in [2.24, 2.45) is 0 Å². The van der Waals surface area contributed by atoms with Gasteiger partial charge < -0.3 is 14.0 Å². The Morgan fingerprint density at radius 2 is 1.79 bits per heavy atom. The van der Waals surface area contributed by atoms with Gasteiger partial charge in [0.25, 0.3) is 0 Å². The maximum Gasteiger partial charge on any atom is 0.231 e. The van der Waals surface area contributed by atoms with Gasteiger partial charge in [-0.3, -0.25) is 4.79 Å². The molecule has 1 aromatic heterocycles. The predicted octanol–water partition coefficient (Wildman–Crippen LogP) is 6.68. The molecule has 3 aromatic carbocycles. The zero-order chi connectivity index (χ0) is 22.8. The van der Waals surface area contributed by atoms with Crippen molar-refractivity contribution >= 4 is 28.8 Å². The minimum atomic E-state index is -0.100. The van der Waals surface area contributed by atoms with Gasteiger partial charge >= 0.3 is 0 Å². The van der Waals surface area contributed by atoms with Gasteiger partial charge in [0.1, 0.15) is 18.1 Å². The third-order valence-corrected chi connectivity index (χ3v) is 5.93. The molecule has 0 aliphatic carbocycles. The number of allylic oxidation sites excluding steroid dienone is 1. The van der Waals surface area contributed by atoms with Crippen molar-refractivity contribution in [1.82, 2.24) is 4.57 Å². The van der Waals surface area contributed by atoms with E-state index in [1.54, 1.807) is 6.07 Å². The highest BCUT2D eigenvalue weighted by molar-refractivity contribution is 6.15. The summed E-state index contributed by atoms with van der Waals surface area (Å²) in [5.74, 6) is 1.53. The third-order valence-electron chi connectivity index (χ3n) is 5.93. The Bertz CT molecular complexity index is 1390. The van der Waals surface area contributed by atoms with Gasteiger partial charge in [0, 0.05) is 34.8 Å². The summed E-state index contributed by atoms with van der Waals surface area (Å²) in [7, 11) is 0. The lowest BCUT2D eigenvalue weighted by atomic mass is 10.1. The number of Topliss-reactive ketones (excluding diaryl/α,β-unsaturated/α-hetero) is 1. The van der Waals surface area contributed by atoms with E-state index in [0.29, 0.717) is 29.4 Å². The van der Waals surface area contributed by atoms with Crippen molar-refractivity contribution in [1.29, 1.82) is 0 Å². The number of carbonyl (C=O) groups excluding carboxylic acids is 1. The maximum absolute atomic E-state index is 13.0. The van der Waals surface area contributed by atoms with Crippen LogP contribution in [0.1, 0.15) is 34.0 Å². The van der Waals surface area contributed by atoms with Crippen LogP contribution in [-0.2, 0) is 6.54 Å². The van der Waals surface area contributed by atoms with E-state index in [4.69, 9.17) is 9.47 Å². The first kappa shape index (κ1) is 20.8. The standard InChI is InChI=1S/C29H25NO3/c1-3-30-19-22(23-13-7-8-14-25(23)30)18-27-28(31)24-15-16-26(20(2)29(24)33-27)32-17-9-12-21-10-5-4-6-11-21/h4-16,18-19H,3,17H2,1-2H3/b12-9+,27-18-. The number of para-hydroxylation sites is 1. The number of hydrogen-bond donors (Lipinski definition) is 0. The first-order valence-electron chi connectivity index (χ1n) is 11.2. The molecule has 164 valence electrons. The summed E-state index contributed by atoms with van der Waals surface area (Å²) in [6, 6.07) is 21.9. The summed E-state index contributed by atoms with van der Waals surface area (Å²) >= 11 is 0. The van der Waals surface area contributed by atoms with E-state index in [2.05, 4.69) is 29.8 Å². The molecule has 1 aliphatic rings. The van der Waals surface area contributed by atoms with E-state index < -0.39 is 0 Å². The van der Waals surface area contributed by atoms with Gasteiger partial charge in [0.15, 0.2) is 5.76 Å². The van der Waals surface area contributed by atoms with Crippen molar-refractivity contribution in [2.75, 3.05) is 6.61 Å². The summed E-state index contributed by atoms with van der Waals surface area (Å²) < 4.78 is 14.2. The van der Waals surface area contributed by atoms with Crippen LogP contribution in [0, 0.1) is 6.92 Å². The molecule has 33 heavy (non-hydrogen) atoms. The molecule has 2 heterocycles. The Labute approximate surface area is 193 Å². The number of benzene rings is 3. The molecule has 0 spiro atoms. The van der Waals surface area contributed by atoms with E-state index in [1.165, 1.54) is 0 Å². The normalized spacial score (nSPS) is 14.2. The SMILES string of the molecule is CCn1cc(/C=C2\Oc3c(ccc(OC/C=C/c4ccccc4)c3C)C2=O)c2ccccc21. The van der Waals surface area contributed by atoms with Gasteiger partial charge in [-0.2, -0.15) is 0 Å². The molecular weight excluding hydrogens is 410 g/mol. The van der Waals surface area contributed by atoms with Gasteiger partial charge in [0.2, 0.25) is 5.78 Å². The molecule has 1 aliphatic heterocycles. The molecule has 0 saturated carbocycles. The maximum atomic E-state index is 13.0. The number of nitrogens with zero attached hydrogens (tertiary/aromatic N) is 1. The van der Waals surface area contributed by atoms with E-state index >= 15 is 0 Å². The lowest BCUT2D eigenvalue weighted by molar-refractivity contribution is 0.101. The summed E-state index contributed by atoms with van der Waals surface area (Å²) in [6.45, 7) is 5.32. The Morgan fingerprint density at radius 1 is 1.00 bits per heavy atom. The van der Waals surface area contributed by atoms with Crippen LogP contribution in [0.4, 0.5) is 0 Å². The summed E-state index contributed by atoms with van der Waals surface area (Å²) in [5.41, 5.74) is 4.65. The first-order valence-corrected chi connectivity index (χ1v) is 11.2.